The molecular formula is C10H15N3O4S. The molecule has 7 nitrogen and oxygen atoms in total. The molecule has 1 amide bonds. The number of sulfonamides is 1. The number of aryl methyl sites for hydroxylation is 1. The van der Waals surface area contributed by atoms with Gasteiger partial charge in [-0.05, 0) is 12.1 Å². The topological polar surface area (TPSA) is 122 Å². The molecule has 18 heavy (non-hydrogen) atoms. The van der Waals surface area contributed by atoms with E-state index in [1.54, 1.807) is 24.4 Å². The van der Waals surface area contributed by atoms with E-state index in [0.29, 0.717) is 5.69 Å². The molecule has 0 aromatic carbocycles. The lowest BCUT2D eigenvalue weighted by Gasteiger charge is -2.09. The third-order valence-electron chi connectivity index (χ3n) is 2.18. The minimum Gasteiger partial charge on any atom is -0.382 e. The van der Waals surface area contributed by atoms with Gasteiger partial charge >= 0.3 is 0 Å². The van der Waals surface area contributed by atoms with Crippen LogP contribution >= 0.6 is 0 Å². The number of carbonyl (C=O) groups is 1. The number of aromatic nitrogens is 1. The van der Waals surface area contributed by atoms with E-state index in [1.807, 2.05) is 0 Å². The van der Waals surface area contributed by atoms with Crippen molar-refractivity contribution in [2.24, 2.45) is 5.73 Å². The summed E-state index contributed by atoms with van der Waals surface area (Å²) in [5.41, 5.74) is 5.45. The Morgan fingerprint density at radius 1 is 1.50 bits per heavy atom. The summed E-state index contributed by atoms with van der Waals surface area (Å²) < 4.78 is 25.2. The molecule has 4 N–H and O–H groups in total. The number of rotatable bonds is 7. The summed E-state index contributed by atoms with van der Waals surface area (Å²) in [7, 11) is -3.57. The molecule has 1 unspecified atom stereocenters. The van der Waals surface area contributed by atoms with Crippen LogP contribution in [0, 0.1) is 0 Å². The van der Waals surface area contributed by atoms with Crippen LogP contribution in [0.2, 0.25) is 0 Å². The Kier molecular flexibility index (Phi) is 5.20. The van der Waals surface area contributed by atoms with Crippen molar-refractivity contribution in [1.29, 1.82) is 0 Å². The highest BCUT2D eigenvalue weighted by atomic mass is 32.2. The number of nitrogens with one attached hydrogen (secondary N) is 1. The lowest BCUT2D eigenvalue weighted by molar-refractivity contribution is -0.125. The molecule has 0 radical (unpaired) electrons. The Balaban J connectivity index is 2.43. The summed E-state index contributed by atoms with van der Waals surface area (Å²) in [6, 6.07) is 5.21. The summed E-state index contributed by atoms with van der Waals surface area (Å²) in [5.74, 6) is -1.14. The molecule has 0 saturated carbocycles. The van der Waals surface area contributed by atoms with Crippen molar-refractivity contribution in [2.45, 2.75) is 12.5 Å². The molecular weight excluding hydrogens is 258 g/mol. The molecule has 8 heteroatoms. The standard InChI is InChI=1S/C10H15N3O4S/c11-10(15)9(14)7-13-18(16,17)6-4-8-3-1-2-5-12-8/h1-3,5,9,13-14H,4,6-7H2,(H2,11,15). The predicted octanol–water partition coefficient (Wildman–Crippen LogP) is -1.61. The van der Waals surface area contributed by atoms with Crippen LogP contribution < -0.4 is 10.5 Å². The molecule has 1 heterocycles. The summed E-state index contributed by atoms with van der Waals surface area (Å²) in [6.07, 6.45) is 0.310. The molecule has 0 spiro atoms. The van der Waals surface area contributed by atoms with Gasteiger partial charge in [-0.2, -0.15) is 0 Å². The largest absolute Gasteiger partial charge is 0.382 e. The average molecular weight is 273 g/mol. The number of amides is 1. The molecule has 1 atom stereocenters. The van der Waals surface area contributed by atoms with E-state index < -0.39 is 28.6 Å². The van der Waals surface area contributed by atoms with E-state index >= 15 is 0 Å². The van der Waals surface area contributed by atoms with E-state index in [1.165, 1.54) is 0 Å². The normalized spacial score (nSPS) is 13.2. The van der Waals surface area contributed by atoms with Crippen LogP contribution in [0.5, 0.6) is 0 Å². The maximum Gasteiger partial charge on any atom is 0.247 e. The van der Waals surface area contributed by atoms with Crippen molar-refractivity contribution in [2.75, 3.05) is 12.3 Å². The van der Waals surface area contributed by atoms with Crippen LogP contribution in [0.25, 0.3) is 0 Å². The molecule has 0 aliphatic rings. The van der Waals surface area contributed by atoms with Crippen LogP contribution in [-0.4, -0.2) is 42.8 Å². The minimum atomic E-state index is -3.57. The predicted molar refractivity (Wildman–Crippen MR) is 64.9 cm³/mol. The van der Waals surface area contributed by atoms with Gasteiger partial charge in [0.15, 0.2) is 0 Å². The molecule has 0 bridgehead atoms. The maximum atomic E-state index is 11.5. The van der Waals surface area contributed by atoms with Crippen molar-refractivity contribution >= 4 is 15.9 Å². The number of aliphatic hydroxyl groups is 1. The highest BCUT2D eigenvalue weighted by Gasteiger charge is 2.16. The van der Waals surface area contributed by atoms with Gasteiger partial charge in [0.1, 0.15) is 6.10 Å². The SMILES string of the molecule is NC(=O)C(O)CNS(=O)(=O)CCc1ccccn1. The van der Waals surface area contributed by atoms with Crippen molar-refractivity contribution in [3.63, 3.8) is 0 Å². The Labute approximate surface area is 105 Å². The minimum absolute atomic E-state index is 0.171. The van der Waals surface area contributed by atoms with Crippen LogP contribution in [0.1, 0.15) is 5.69 Å². The molecule has 1 aromatic rings. The van der Waals surface area contributed by atoms with Crippen LogP contribution in [0.15, 0.2) is 24.4 Å². The van der Waals surface area contributed by atoms with Gasteiger partial charge in [-0.15, -0.1) is 0 Å². The van der Waals surface area contributed by atoms with Gasteiger partial charge < -0.3 is 10.8 Å². The van der Waals surface area contributed by atoms with Crippen LogP contribution in [0.3, 0.4) is 0 Å². The smallest absolute Gasteiger partial charge is 0.247 e. The lowest BCUT2D eigenvalue weighted by Crippen LogP contribution is -2.40. The highest BCUT2D eigenvalue weighted by Crippen LogP contribution is 1.97. The maximum absolute atomic E-state index is 11.5. The van der Waals surface area contributed by atoms with Gasteiger partial charge in [0.2, 0.25) is 15.9 Å². The first-order valence-corrected chi connectivity index (χ1v) is 6.90. The summed E-state index contributed by atoms with van der Waals surface area (Å²) >= 11 is 0. The summed E-state index contributed by atoms with van der Waals surface area (Å²) in [5, 5.41) is 9.06. The number of nitrogens with two attached hydrogens (primary N) is 1. The fraction of sp³-hybridized carbons (Fsp3) is 0.400. The molecule has 0 fully saturated rings. The monoisotopic (exact) mass is 273 g/mol. The fourth-order valence-corrected chi connectivity index (χ4v) is 2.20. The van der Waals surface area contributed by atoms with E-state index in [4.69, 9.17) is 10.8 Å². The van der Waals surface area contributed by atoms with Gasteiger partial charge in [-0.1, -0.05) is 6.07 Å². The molecule has 0 saturated heterocycles. The number of hydrogen-bond donors (Lipinski definition) is 3. The number of carbonyl (C=O) groups excluding carboxylic acids is 1. The van der Waals surface area contributed by atoms with E-state index in [-0.39, 0.29) is 12.2 Å². The second-order valence-electron chi connectivity index (χ2n) is 3.66. The molecule has 100 valence electrons. The van der Waals surface area contributed by atoms with Gasteiger partial charge in [0.05, 0.1) is 5.75 Å². The third kappa shape index (κ3) is 5.21. The zero-order valence-electron chi connectivity index (χ0n) is 9.61. The van der Waals surface area contributed by atoms with Gasteiger partial charge in [-0.25, -0.2) is 13.1 Å². The summed E-state index contributed by atoms with van der Waals surface area (Å²) in [4.78, 5) is 14.5. The highest BCUT2D eigenvalue weighted by molar-refractivity contribution is 7.89. The lowest BCUT2D eigenvalue weighted by atomic mass is 10.3. The first-order valence-electron chi connectivity index (χ1n) is 5.25. The van der Waals surface area contributed by atoms with E-state index in [0.717, 1.165) is 0 Å². The van der Waals surface area contributed by atoms with Crippen molar-refractivity contribution in [1.82, 2.24) is 9.71 Å². The second-order valence-corrected chi connectivity index (χ2v) is 5.58. The first kappa shape index (κ1) is 14.6. The number of aliphatic hydroxyl groups excluding tert-OH is 1. The van der Waals surface area contributed by atoms with E-state index in [9.17, 15) is 13.2 Å². The second kappa shape index (κ2) is 6.43. The van der Waals surface area contributed by atoms with Crippen molar-refractivity contribution in [3.8, 4) is 0 Å². The number of hydrogen-bond acceptors (Lipinski definition) is 5. The Morgan fingerprint density at radius 3 is 2.78 bits per heavy atom. The number of nitrogens with zero attached hydrogens (tertiary/aromatic N) is 1. The quantitative estimate of drug-likeness (QED) is 0.551. The molecule has 1 rings (SSSR count). The summed E-state index contributed by atoms with van der Waals surface area (Å²) in [6.45, 7) is -0.417. The zero-order valence-corrected chi connectivity index (χ0v) is 10.4. The molecule has 1 aromatic heterocycles. The van der Waals surface area contributed by atoms with Crippen molar-refractivity contribution < 1.29 is 18.3 Å². The average Bonchev–Trinajstić information content (AvgIpc) is 2.35. The van der Waals surface area contributed by atoms with E-state index in [2.05, 4.69) is 9.71 Å². The molecule has 0 aliphatic heterocycles. The number of pyridine rings is 1. The van der Waals surface area contributed by atoms with Gasteiger partial charge in [0.25, 0.3) is 0 Å². The van der Waals surface area contributed by atoms with Gasteiger partial charge in [-0.3, -0.25) is 9.78 Å². The third-order valence-corrected chi connectivity index (χ3v) is 3.53. The van der Waals surface area contributed by atoms with Gasteiger partial charge in [0, 0.05) is 24.9 Å². The van der Waals surface area contributed by atoms with Crippen LogP contribution in [0.4, 0.5) is 0 Å². The Bertz CT molecular complexity index is 489. The molecule has 0 aliphatic carbocycles. The Morgan fingerprint density at radius 2 is 2.22 bits per heavy atom. The number of primary amides is 1. The Hall–Kier alpha value is -1.51. The first-order chi connectivity index (χ1) is 8.41. The van der Waals surface area contributed by atoms with Crippen molar-refractivity contribution in [3.05, 3.63) is 30.1 Å². The zero-order chi connectivity index (χ0) is 13.6. The van der Waals surface area contributed by atoms with Crippen LogP contribution in [-0.2, 0) is 21.2 Å². The fourth-order valence-electron chi connectivity index (χ4n) is 1.16.